The number of hydrogen-bond acceptors (Lipinski definition) is 2. The van der Waals surface area contributed by atoms with Gasteiger partial charge in [0, 0.05) is 13.1 Å². The SMILES string of the molecule is CCN1CCCCCCC(N)C1=O. The third-order valence-corrected chi connectivity index (χ3v) is 2.70. The number of nitrogens with two attached hydrogens (primary N) is 1. The van der Waals surface area contributed by atoms with Crippen LogP contribution in [0.1, 0.15) is 39.0 Å². The van der Waals surface area contributed by atoms with Crippen molar-refractivity contribution in [2.24, 2.45) is 5.73 Å². The molecule has 3 nitrogen and oxygen atoms in total. The van der Waals surface area contributed by atoms with Crippen LogP contribution in [0.3, 0.4) is 0 Å². The molecule has 0 aromatic heterocycles. The maximum atomic E-state index is 11.7. The van der Waals surface area contributed by atoms with Gasteiger partial charge in [-0.15, -0.1) is 0 Å². The molecule has 0 saturated carbocycles. The van der Waals surface area contributed by atoms with E-state index < -0.39 is 0 Å². The van der Waals surface area contributed by atoms with E-state index in [9.17, 15) is 4.79 Å². The first-order valence-corrected chi connectivity index (χ1v) is 5.30. The van der Waals surface area contributed by atoms with Crippen molar-refractivity contribution in [3.8, 4) is 0 Å². The summed E-state index contributed by atoms with van der Waals surface area (Å²) in [7, 11) is 0. The van der Waals surface area contributed by atoms with E-state index >= 15 is 0 Å². The van der Waals surface area contributed by atoms with Gasteiger partial charge in [0.25, 0.3) is 0 Å². The van der Waals surface area contributed by atoms with Crippen molar-refractivity contribution in [2.75, 3.05) is 13.1 Å². The van der Waals surface area contributed by atoms with Crippen molar-refractivity contribution in [2.45, 2.75) is 45.1 Å². The lowest BCUT2D eigenvalue weighted by atomic mass is 10.1. The summed E-state index contributed by atoms with van der Waals surface area (Å²) >= 11 is 0. The number of amides is 1. The normalized spacial score (nSPS) is 26.5. The minimum atomic E-state index is -0.252. The van der Waals surface area contributed by atoms with Crippen LogP contribution in [0.15, 0.2) is 0 Å². The summed E-state index contributed by atoms with van der Waals surface area (Å²) in [5, 5.41) is 0. The monoisotopic (exact) mass is 184 g/mol. The van der Waals surface area contributed by atoms with Crippen LogP contribution in [0.2, 0.25) is 0 Å². The summed E-state index contributed by atoms with van der Waals surface area (Å²) in [6.07, 6.45) is 5.54. The third kappa shape index (κ3) is 2.99. The molecule has 0 aromatic carbocycles. The molecule has 1 amide bonds. The molecular weight excluding hydrogens is 164 g/mol. The van der Waals surface area contributed by atoms with Gasteiger partial charge in [-0.3, -0.25) is 4.79 Å². The Balaban J connectivity index is 2.55. The van der Waals surface area contributed by atoms with Crippen LogP contribution >= 0.6 is 0 Å². The summed E-state index contributed by atoms with van der Waals surface area (Å²) in [5.41, 5.74) is 5.79. The van der Waals surface area contributed by atoms with E-state index in [0.29, 0.717) is 0 Å². The number of nitrogens with zero attached hydrogens (tertiary/aromatic N) is 1. The highest BCUT2D eigenvalue weighted by Crippen LogP contribution is 2.11. The average molecular weight is 184 g/mol. The van der Waals surface area contributed by atoms with Crippen LogP contribution in [0, 0.1) is 0 Å². The average Bonchev–Trinajstić information content (AvgIpc) is 2.21. The van der Waals surface area contributed by atoms with Gasteiger partial charge in [-0.25, -0.2) is 0 Å². The Hall–Kier alpha value is -0.570. The second-order valence-corrected chi connectivity index (χ2v) is 3.73. The molecule has 0 spiro atoms. The predicted octanol–water partition coefficient (Wildman–Crippen LogP) is 1.13. The first-order chi connectivity index (χ1) is 6.25. The number of carbonyl (C=O) groups is 1. The second-order valence-electron chi connectivity index (χ2n) is 3.73. The molecule has 13 heavy (non-hydrogen) atoms. The van der Waals surface area contributed by atoms with Crippen molar-refractivity contribution in [1.29, 1.82) is 0 Å². The largest absolute Gasteiger partial charge is 0.342 e. The van der Waals surface area contributed by atoms with E-state index in [4.69, 9.17) is 5.73 Å². The number of rotatable bonds is 1. The van der Waals surface area contributed by atoms with Gasteiger partial charge >= 0.3 is 0 Å². The first-order valence-electron chi connectivity index (χ1n) is 5.30. The van der Waals surface area contributed by atoms with Crippen LogP contribution in [0.5, 0.6) is 0 Å². The molecule has 1 atom stereocenters. The lowest BCUT2D eigenvalue weighted by Gasteiger charge is -2.22. The van der Waals surface area contributed by atoms with Crippen molar-refractivity contribution in [3.05, 3.63) is 0 Å². The standard InChI is InChI=1S/C10H20N2O/c1-2-12-8-6-4-3-5-7-9(11)10(12)13/h9H,2-8,11H2,1H3. The minimum Gasteiger partial charge on any atom is -0.342 e. The van der Waals surface area contributed by atoms with Crippen molar-refractivity contribution >= 4 is 5.91 Å². The summed E-state index contributed by atoms with van der Waals surface area (Å²) in [6.45, 7) is 3.71. The van der Waals surface area contributed by atoms with Crippen LogP contribution in [0.4, 0.5) is 0 Å². The fraction of sp³-hybridized carbons (Fsp3) is 0.900. The summed E-state index contributed by atoms with van der Waals surface area (Å²) < 4.78 is 0. The van der Waals surface area contributed by atoms with Gasteiger partial charge in [-0.05, 0) is 19.8 Å². The molecule has 76 valence electrons. The lowest BCUT2D eigenvalue weighted by molar-refractivity contribution is -0.132. The van der Waals surface area contributed by atoms with Gasteiger partial charge in [0.15, 0.2) is 0 Å². The minimum absolute atomic E-state index is 0.143. The van der Waals surface area contributed by atoms with Crippen molar-refractivity contribution in [3.63, 3.8) is 0 Å². The Labute approximate surface area is 80.3 Å². The fourth-order valence-electron chi connectivity index (χ4n) is 1.80. The second kappa shape index (κ2) is 5.22. The van der Waals surface area contributed by atoms with E-state index in [1.54, 1.807) is 0 Å². The molecule has 3 heteroatoms. The Morgan fingerprint density at radius 1 is 1.38 bits per heavy atom. The molecular formula is C10H20N2O. The number of hydrogen-bond donors (Lipinski definition) is 1. The number of likely N-dealkylation sites (N-methyl/N-ethyl adjacent to an activating group) is 1. The Morgan fingerprint density at radius 3 is 2.77 bits per heavy atom. The van der Waals surface area contributed by atoms with E-state index in [1.807, 2.05) is 11.8 Å². The van der Waals surface area contributed by atoms with E-state index in [1.165, 1.54) is 12.8 Å². The summed E-state index contributed by atoms with van der Waals surface area (Å²) in [6, 6.07) is -0.252. The lowest BCUT2D eigenvalue weighted by Crippen LogP contribution is -2.43. The van der Waals surface area contributed by atoms with Gasteiger partial charge in [-0.2, -0.15) is 0 Å². The highest BCUT2D eigenvalue weighted by atomic mass is 16.2. The molecule has 1 fully saturated rings. The summed E-state index contributed by atoms with van der Waals surface area (Å²) in [5.74, 6) is 0.143. The number of carbonyl (C=O) groups excluding carboxylic acids is 1. The van der Waals surface area contributed by atoms with Crippen LogP contribution < -0.4 is 5.73 Å². The summed E-state index contributed by atoms with van der Waals surface area (Å²) in [4.78, 5) is 13.6. The molecule has 0 radical (unpaired) electrons. The zero-order valence-electron chi connectivity index (χ0n) is 8.46. The van der Waals surface area contributed by atoms with Gasteiger partial charge in [0.05, 0.1) is 6.04 Å². The van der Waals surface area contributed by atoms with Gasteiger partial charge in [-0.1, -0.05) is 19.3 Å². The van der Waals surface area contributed by atoms with Gasteiger partial charge in [0.2, 0.25) is 5.91 Å². The van der Waals surface area contributed by atoms with Gasteiger partial charge in [0.1, 0.15) is 0 Å². The van der Waals surface area contributed by atoms with Crippen molar-refractivity contribution in [1.82, 2.24) is 4.90 Å². The van der Waals surface area contributed by atoms with E-state index in [2.05, 4.69) is 0 Å². The van der Waals surface area contributed by atoms with Crippen LogP contribution in [-0.2, 0) is 4.79 Å². The molecule has 0 bridgehead atoms. The third-order valence-electron chi connectivity index (χ3n) is 2.70. The van der Waals surface area contributed by atoms with Gasteiger partial charge < -0.3 is 10.6 Å². The molecule has 0 aromatic rings. The molecule has 1 aliphatic heterocycles. The van der Waals surface area contributed by atoms with Crippen LogP contribution in [-0.4, -0.2) is 29.9 Å². The van der Waals surface area contributed by atoms with E-state index in [-0.39, 0.29) is 11.9 Å². The molecule has 1 heterocycles. The van der Waals surface area contributed by atoms with Crippen molar-refractivity contribution < 1.29 is 4.79 Å². The fourth-order valence-corrected chi connectivity index (χ4v) is 1.80. The highest BCUT2D eigenvalue weighted by Gasteiger charge is 2.20. The molecule has 1 aliphatic rings. The smallest absolute Gasteiger partial charge is 0.239 e. The predicted molar refractivity (Wildman–Crippen MR) is 53.3 cm³/mol. The first kappa shape index (κ1) is 10.5. The molecule has 1 unspecified atom stereocenters. The molecule has 1 rings (SSSR count). The maximum absolute atomic E-state index is 11.7. The topological polar surface area (TPSA) is 46.3 Å². The quantitative estimate of drug-likeness (QED) is 0.664. The Bertz CT molecular complexity index is 170. The molecule has 1 saturated heterocycles. The Morgan fingerprint density at radius 2 is 2.08 bits per heavy atom. The van der Waals surface area contributed by atoms with Crippen LogP contribution in [0.25, 0.3) is 0 Å². The molecule has 2 N–H and O–H groups in total. The maximum Gasteiger partial charge on any atom is 0.239 e. The Kier molecular flexibility index (Phi) is 4.22. The zero-order chi connectivity index (χ0) is 9.68. The zero-order valence-corrected chi connectivity index (χ0v) is 8.46. The molecule has 0 aliphatic carbocycles. The van der Waals surface area contributed by atoms with E-state index in [0.717, 1.165) is 32.4 Å². The highest BCUT2D eigenvalue weighted by molar-refractivity contribution is 5.81.